The number of ether oxygens (including phenoxy) is 1. The van der Waals surface area contributed by atoms with Gasteiger partial charge in [-0.05, 0) is 35.7 Å². The SMILES string of the molecule is COc1ccc(N2CC(C(=O)NCc3cccs3)CC2=O)cc1. The lowest BCUT2D eigenvalue weighted by molar-refractivity contribution is -0.126. The van der Waals surface area contributed by atoms with Crippen molar-refractivity contribution in [2.24, 2.45) is 5.92 Å². The number of rotatable bonds is 5. The van der Waals surface area contributed by atoms with Gasteiger partial charge in [-0.25, -0.2) is 0 Å². The van der Waals surface area contributed by atoms with E-state index in [0.29, 0.717) is 13.1 Å². The molecule has 2 heterocycles. The quantitative estimate of drug-likeness (QED) is 0.916. The summed E-state index contributed by atoms with van der Waals surface area (Å²) in [7, 11) is 1.60. The summed E-state index contributed by atoms with van der Waals surface area (Å²) in [4.78, 5) is 27.2. The van der Waals surface area contributed by atoms with Crippen LogP contribution in [0.15, 0.2) is 41.8 Å². The van der Waals surface area contributed by atoms with Crippen LogP contribution in [0.25, 0.3) is 0 Å². The van der Waals surface area contributed by atoms with Gasteiger partial charge in [0.15, 0.2) is 0 Å². The van der Waals surface area contributed by atoms with Crippen molar-refractivity contribution in [3.63, 3.8) is 0 Å². The van der Waals surface area contributed by atoms with Crippen LogP contribution in [0.1, 0.15) is 11.3 Å². The van der Waals surface area contributed by atoms with Crippen molar-refractivity contribution in [3.05, 3.63) is 46.7 Å². The van der Waals surface area contributed by atoms with Gasteiger partial charge in [0.25, 0.3) is 0 Å². The Labute approximate surface area is 138 Å². The molecule has 0 spiro atoms. The molecular weight excluding hydrogens is 312 g/mol. The molecular formula is C17H18N2O3S. The summed E-state index contributed by atoms with van der Waals surface area (Å²) in [6, 6.07) is 11.2. The van der Waals surface area contributed by atoms with Gasteiger partial charge in [-0.2, -0.15) is 0 Å². The first kappa shape index (κ1) is 15.6. The van der Waals surface area contributed by atoms with Crippen LogP contribution in [-0.4, -0.2) is 25.5 Å². The van der Waals surface area contributed by atoms with E-state index in [-0.39, 0.29) is 24.2 Å². The number of hydrogen-bond acceptors (Lipinski definition) is 4. The number of amides is 2. The Bertz CT molecular complexity index is 682. The maximum atomic E-state index is 12.3. The Hall–Kier alpha value is -2.34. The van der Waals surface area contributed by atoms with Crippen molar-refractivity contribution in [2.45, 2.75) is 13.0 Å². The van der Waals surface area contributed by atoms with E-state index in [1.54, 1.807) is 23.3 Å². The lowest BCUT2D eigenvalue weighted by Gasteiger charge is -2.17. The van der Waals surface area contributed by atoms with E-state index >= 15 is 0 Å². The zero-order chi connectivity index (χ0) is 16.2. The average Bonchev–Trinajstić information content (AvgIpc) is 3.22. The van der Waals surface area contributed by atoms with E-state index in [4.69, 9.17) is 4.74 Å². The summed E-state index contributed by atoms with van der Waals surface area (Å²) in [5, 5.41) is 4.89. The highest BCUT2D eigenvalue weighted by molar-refractivity contribution is 7.09. The minimum atomic E-state index is -0.301. The molecule has 1 aromatic heterocycles. The number of hydrogen-bond donors (Lipinski definition) is 1. The number of methoxy groups -OCH3 is 1. The first-order valence-electron chi connectivity index (χ1n) is 7.42. The molecule has 1 unspecified atom stereocenters. The Morgan fingerprint density at radius 3 is 2.78 bits per heavy atom. The van der Waals surface area contributed by atoms with Gasteiger partial charge in [0, 0.05) is 23.5 Å². The summed E-state index contributed by atoms with van der Waals surface area (Å²) in [6.07, 6.45) is 0.252. The zero-order valence-corrected chi connectivity index (χ0v) is 13.6. The van der Waals surface area contributed by atoms with Gasteiger partial charge in [0.05, 0.1) is 19.6 Å². The third-order valence-corrected chi connectivity index (χ3v) is 4.77. The number of nitrogens with one attached hydrogen (secondary N) is 1. The summed E-state index contributed by atoms with van der Waals surface area (Å²) < 4.78 is 5.12. The van der Waals surface area contributed by atoms with Crippen LogP contribution in [-0.2, 0) is 16.1 Å². The number of carbonyl (C=O) groups excluding carboxylic acids is 2. The monoisotopic (exact) mass is 330 g/mol. The van der Waals surface area contributed by atoms with Crippen molar-refractivity contribution >= 4 is 28.8 Å². The van der Waals surface area contributed by atoms with Crippen molar-refractivity contribution in [3.8, 4) is 5.75 Å². The molecule has 1 aromatic carbocycles. The Morgan fingerprint density at radius 1 is 1.35 bits per heavy atom. The zero-order valence-electron chi connectivity index (χ0n) is 12.8. The molecule has 3 rings (SSSR count). The molecule has 0 saturated carbocycles. The Balaban J connectivity index is 1.60. The Kier molecular flexibility index (Phi) is 4.62. The first-order valence-corrected chi connectivity index (χ1v) is 8.30. The molecule has 0 radical (unpaired) electrons. The fraction of sp³-hybridized carbons (Fsp3) is 0.294. The van der Waals surface area contributed by atoms with Crippen LogP contribution in [0.4, 0.5) is 5.69 Å². The minimum absolute atomic E-state index is 0.0218. The van der Waals surface area contributed by atoms with Crippen LogP contribution < -0.4 is 15.0 Å². The van der Waals surface area contributed by atoms with Gasteiger partial charge >= 0.3 is 0 Å². The predicted octanol–water partition coefficient (Wildman–Crippen LogP) is 2.43. The van der Waals surface area contributed by atoms with Crippen molar-refractivity contribution in [2.75, 3.05) is 18.6 Å². The van der Waals surface area contributed by atoms with E-state index in [1.807, 2.05) is 41.8 Å². The molecule has 5 nitrogen and oxygen atoms in total. The van der Waals surface area contributed by atoms with Gasteiger partial charge < -0.3 is 15.0 Å². The maximum Gasteiger partial charge on any atom is 0.227 e. The molecule has 1 N–H and O–H groups in total. The van der Waals surface area contributed by atoms with E-state index in [1.165, 1.54) is 0 Å². The highest BCUT2D eigenvalue weighted by atomic mass is 32.1. The van der Waals surface area contributed by atoms with Crippen LogP contribution in [0, 0.1) is 5.92 Å². The molecule has 120 valence electrons. The first-order chi connectivity index (χ1) is 11.2. The van der Waals surface area contributed by atoms with Crippen LogP contribution in [0.5, 0.6) is 5.75 Å². The number of thiophene rings is 1. The normalized spacial score (nSPS) is 17.3. The summed E-state index contributed by atoms with van der Waals surface area (Å²) in [6.45, 7) is 0.936. The largest absolute Gasteiger partial charge is 0.497 e. The molecule has 2 aromatic rings. The van der Waals surface area contributed by atoms with Crippen LogP contribution in [0.3, 0.4) is 0 Å². The second kappa shape index (κ2) is 6.83. The molecule has 0 bridgehead atoms. The fourth-order valence-corrected chi connectivity index (χ4v) is 3.27. The maximum absolute atomic E-state index is 12.3. The third-order valence-electron chi connectivity index (χ3n) is 3.90. The molecule has 2 amide bonds. The molecule has 0 aliphatic carbocycles. The third kappa shape index (κ3) is 3.53. The molecule has 23 heavy (non-hydrogen) atoms. The summed E-state index contributed by atoms with van der Waals surface area (Å²) >= 11 is 1.60. The van der Waals surface area contributed by atoms with E-state index < -0.39 is 0 Å². The van der Waals surface area contributed by atoms with Crippen molar-refractivity contribution in [1.29, 1.82) is 0 Å². The van der Waals surface area contributed by atoms with E-state index in [2.05, 4.69) is 5.32 Å². The van der Waals surface area contributed by atoms with Gasteiger partial charge in [-0.3, -0.25) is 9.59 Å². The number of benzene rings is 1. The van der Waals surface area contributed by atoms with Crippen LogP contribution in [0.2, 0.25) is 0 Å². The summed E-state index contributed by atoms with van der Waals surface area (Å²) in [5.74, 6) is 0.351. The Morgan fingerprint density at radius 2 is 2.13 bits per heavy atom. The molecule has 6 heteroatoms. The van der Waals surface area contributed by atoms with E-state index in [0.717, 1.165) is 16.3 Å². The van der Waals surface area contributed by atoms with E-state index in [9.17, 15) is 9.59 Å². The van der Waals surface area contributed by atoms with Crippen molar-refractivity contribution < 1.29 is 14.3 Å². The number of carbonyl (C=O) groups is 2. The highest BCUT2D eigenvalue weighted by Crippen LogP contribution is 2.27. The fourth-order valence-electron chi connectivity index (χ4n) is 2.63. The highest BCUT2D eigenvalue weighted by Gasteiger charge is 2.34. The smallest absolute Gasteiger partial charge is 0.227 e. The topological polar surface area (TPSA) is 58.6 Å². The second-order valence-electron chi connectivity index (χ2n) is 5.40. The van der Waals surface area contributed by atoms with Gasteiger partial charge in [0.2, 0.25) is 11.8 Å². The molecule has 1 aliphatic heterocycles. The lowest BCUT2D eigenvalue weighted by Crippen LogP contribution is -2.32. The van der Waals surface area contributed by atoms with Gasteiger partial charge in [0.1, 0.15) is 5.75 Å². The van der Waals surface area contributed by atoms with Crippen molar-refractivity contribution in [1.82, 2.24) is 5.32 Å². The standard InChI is InChI=1S/C17H18N2O3S/c1-22-14-6-4-13(5-7-14)19-11-12(9-16(19)20)17(21)18-10-15-3-2-8-23-15/h2-8,12H,9-11H2,1H3,(H,18,21). The van der Waals surface area contributed by atoms with Gasteiger partial charge in [-0.1, -0.05) is 6.07 Å². The minimum Gasteiger partial charge on any atom is -0.497 e. The average molecular weight is 330 g/mol. The molecule has 1 saturated heterocycles. The predicted molar refractivity (Wildman–Crippen MR) is 89.6 cm³/mol. The second-order valence-corrected chi connectivity index (χ2v) is 6.43. The number of anilines is 1. The van der Waals surface area contributed by atoms with Crippen LogP contribution >= 0.6 is 11.3 Å². The molecule has 1 aliphatic rings. The lowest BCUT2D eigenvalue weighted by atomic mass is 10.1. The van der Waals surface area contributed by atoms with Gasteiger partial charge in [-0.15, -0.1) is 11.3 Å². The number of nitrogens with zero attached hydrogens (tertiary/aromatic N) is 1. The summed E-state index contributed by atoms with van der Waals surface area (Å²) in [5.41, 5.74) is 0.796. The molecule has 1 atom stereocenters. The molecule has 1 fully saturated rings.